The van der Waals surface area contributed by atoms with Gasteiger partial charge in [0.2, 0.25) is 0 Å². The van der Waals surface area contributed by atoms with E-state index >= 15 is 0 Å². The summed E-state index contributed by atoms with van der Waals surface area (Å²) in [5, 5.41) is 0.603. The number of aryl methyl sites for hydroxylation is 1. The lowest BCUT2D eigenvalue weighted by molar-refractivity contribution is 0.266. The number of nitrogens with zero attached hydrogens (tertiary/aromatic N) is 2. The van der Waals surface area contributed by atoms with Gasteiger partial charge in [0.05, 0.1) is 5.70 Å². The van der Waals surface area contributed by atoms with E-state index in [1.54, 1.807) is 0 Å². The number of hydrogen-bond donors (Lipinski definition) is 0. The monoisotopic (exact) mass is 338 g/mol. The SMILES string of the molecule is Cc1cc(CN(C2=CC(=S)OC2)C2CC2)cnc1Br. The smallest absolute Gasteiger partial charge is 0.186 e. The summed E-state index contributed by atoms with van der Waals surface area (Å²) in [4.78, 5) is 6.77. The van der Waals surface area contributed by atoms with Gasteiger partial charge in [-0.15, -0.1) is 0 Å². The number of ether oxygens (including phenoxy) is 1. The van der Waals surface area contributed by atoms with Gasteiger partial charge in [-0.2, -0.15) is 0 Å². The largest absolute Gasteiger partial charge is 0.477 e. The first-order chi connectivity index (χ1) is 9.13. The van der Waals surface area contributed by atoms with E-state index < -0.39 is 0 Å². The molecule has 2 aliphatic rings. The van der Waals surface area contributed by atoms with Gasteiger partial charge >= 0.3 is 0 Å². The van der Waals surface area contributed by atoms with Crippen LogP contribution in [0.25, 0.3) is 0 Å². The highest BCUT2D eigenvalue weighted by atomic mass is 79.9. The van der Waals surface area contributed by atoms with Crippen molar-refractivity contribution in [2.45, 2.75) is 32.4 Å². The van der Waals surface area contributed by atoms with Crippen molar-refractivity contribution in [3.63, 3.8) is 0 Å². The molecule has 3 rings (SSSR count). The fourth-order valence-corrected chi connectivity index (χ4v) is 2.69. The summed E-state index contributed by atoms with van der Waals surface area (Å²) in [6.07, 6.45) is 6.42. The van der Waals surface area contributed by atoms with Gasteiger partial charge in [0.15, 0.2) is 5.05 Å². The van der Waals surface area contributed by atoms with Gasteiger partial charge < -0.3 is 9.64 Å². The van der Waals surface area contributed by atoms with E-state index in [1.165, 1.54) is 29.7 Å². The lowest BCUT2D eigenvalue weighted by Crippen LogP contribution is -2.25. The zero-order valence-electron chi connectivity index (χ0n) is 10.7. The van der Waals surface area contributed by atoms with Crippen LogP contribution < -0.4 is 0 Å². The number of rotatable bonds is 4. The minimum atomic E-state index is 0.603. The first-order valence-corrected chi connectivity index (χ1v) is 7.58. The number of halogens is 1. The summed E-state index contributed by atoms with van der Waals surface area (Å²) in [6.45, 7) is 3.55. The van der Waals surface area contributed by atoms with Gasteiger partial charge in [-0.1, -0.05) is 6.07 Å². The first-order valence-electron chi connectivity index (χ1n) is 6.38. The van der Waals surface area contributed by atoms with E-state index in [-0.39, 0.29) is 0 Å². The minimum absolute atomic E-state index is 0.603. The quantitative estimate of drug-likeness (QED) is 0.621. The van der Waals surface area contributed by atoms with Crippen LogP contribution in [0.15, 0.2) is 28.6 Å². The molecule has 0 spiro atoms. The van der Waals surface area contributed by atoms with Crippen LogP contribution in [0.1, 0.15) is 24.0 Å². The Balaban J connectivity index is 1.80. The highest BCUT2D eigenvalue weighted by Gasteiger charge is 2.32. The molecule has 0 radical (unpaired) electrons. The van der Waals surface area contributed by atoms with Gasteiger partial charge in [0.1, 0.15) is 11.2 Å². The fraction of sp³-hybridized carbons (Fsp3) is 0.429. The molecule has 0 aromatic carbocycles. The Morgan fingerprint density at radius 2 is 2.32 bits per heavy atom. The van der Waals surface area contributed by atoms with E-state index in [0.717, 1.165) is 11.1 Å². The van der Waals surface area contributed by atoms with Crippen molar-refractivity contribution >= 4 is 33.2 Å². The van der Waals surface area contributed by atoms with Gasteiger partial charge in [-0.05, 0) is 59.0 Å². The number of hydrogen-bond acceptors (Lipinski definition) is 4. The predicted molar refractivity (Wildman–Crippen MR) is 81.9 cm³/mol. The minimum Gasteiger partial charge on any atom is -0.477 e. The molecule has 0 unspecified atom stereocenters. The number of thiocarbonyl (C=S) groups is 1. The van der Waals surface area contributed by atoms with E-state index in [2.05, 4.69) is 38.8 Å². The Morgan fingerprint density at radius 3 is 2.89 bits per heavy atom. The first kappa shape index (κ1) is 13.1. The third-order valence-corrected chi connectivity index (χ3v) is 4.49. The van der Waals surface area contributed by atoms with Crippen LogP contribution in [0.4, 0.5) is 0 Å². The van der Waals surface area contributed by atoms with E-state index in [0.29, 0.717) is 17.7 Å². The van der Waals surface area contributed by atoms with Crippen LogP contribution in [0.2, 0.25) is 0 Å². The molecule has 1 fully saturated rings. The van der Waals surface area contributed by atoms with Crippen LogP contribution in [-0.4, -0.2) is 27.6 Å². The molecular weight excluding hydrogens is 324 g/mol. The zero-order valence-corrected chi connectivity index (χ0v) is 13.1. The second kappa shape index (κ2) is 5.21. The molecule has 1 aromatic heterocycles. The molecule has 100 valence electrons. The topological polar surface area (TPSA) is 25.4 Å². The summed E-state index contributed by atoms with van der Waals surface area (Å²) >= 11 is 8.52. The molecule has 0 atom stereocenters. The van der Waals surface area contributed by atoms with Crippen molar-refractivity contribution in [3.05, 3.63) is 39.8 Å². The highest BCUT2D eigenvalue weighted by molar-refractivity contribution is 9.10. The van der Waals surface area contributed by atoms with E-state index in [1.807, 2.05) is 12.3 Å². The maximum Gasteiger partial charge on any atom is 0.186 e. The van der Waals surface area contributed by atoms with Crippen LogP contribution in [-0.2, 0) is 11.3 Å². The Kier molecular flexibility index (Phi) is 3.58. The molecule has 3 nitrogen and oxygen atoms in total. The molecule has 0 N–H and O–H groups in total. The lowest BCUT2D eigenvalue weighted by Gasteiger charge is -2.25. The second-order valence-corrected chi connectivity index (χ2v) is 6.21. The summed E-state index contributed by atoms with van der Waals surface area (Å²) < 4.78 is 6.29. The Labute approximate surface area is 126 Å². The molecule has 0 bridgehead atoms. The molecule has 0 saturated heterocycles. The normalized spacial score (nSPS) is 18.2. The van der Waals surface area contributed by atoms with Crippen molar-refractivity contribution in [1.29, 1.82) is 0 Å². The third-order valence-electron chi connectivity index (χ3n) is 3.43. The Bertz CT molecular complexity index is 554. The van der Waals surface area contributed by atoms with Crippen LogP contribution in [0.3, 0.4) is 0 Å². The molecule has 0 amide bonds. The molecule has 1 aliphatic heterocycles. The van der Waals surface area contributed by atoms with Crippen molar-refractivity contribution in [2.24, 2.45) is 0 Å². The summed E-state index contributed by atoms with van der Waals surface area (Å²) in [7, 11) is 0. The molecule has 19 heavy (non-hydrogen) atoms. The summed E-state index contributed by atoms with van der Waals surface area (Å²) in [5.41, 5.74) is 3.60. The predicted octanol–water partition coefficient (Wildman–Crippen LogP) is 3.36. The van der Waals surface area contributed by atoms with Crippen LogP contribution in [0.5, 0.6) is 0 Å². The maximum absolute atomic E-state index is 5.38. The van der Waals surface area contributed by atoms with Crippen LogP contribution in [0, 0.1) is 6.92 Å². The fourth-order valence-electron chi connectivity index (χ4n) is 2.28. The zero-order chi connectivity index (χ0) is 13.4. The standard InChI is InChI=1S/C14H15BrN2OS/c1-9-4-10(6-16-14(9)15)7-17(11-2-3-11)12-5-13(19)18-8-12/h4-6,11H,2-3,7-8H2,1H3. The molecule has 2 heterocycles. The summed E-state index contributed by atoms with van der Waals surface area (Å²) in [6, 6.07) is 2.82. The summed E-state index contributed by atoms with van der Waals surface area (Å²) in [5.74, 6) is 0. The lowest BCUT2D eigenvalue weighted by atomic mass is 10.2. The molecular formula is C14H15BrN2OS. The Morgan fingerprint density at radius 1 is 1.53 bits per heavy atom. The van der Waals surface area contributed by atoms with Gasteiger partial charge in [0.25, 0.3) is 0 Å². The van der Waals surface area contributed by atoms with Crippen molar-refractivity contribution < 1.29 is 4.74 Å². The number of pyridine rings is 1. The molecule has 1 saturated carbocycles. The number of aromatic nitrogens is 1. The van der Waals surface area contributed by atoms with Crippen molar-refractivity contribution in [2.75, 3.05) is 6.61 Å². The van der Waals surface area contributed by atoms with E-state index in [4.69, 9.17) is 17.0 Å². The van der Waals surface area contributed by atoms with Gasteiger partial charge in [-0.25, -0.2) is 4.98 Å². The van der Waals surface area contributed by atoms with Crippen molar-refractivity contribution in [1.82, 2.24) is 9.88 Å². The Hall–Kier alpha value is -0.940. The third kappa shape index (κ3) is 2.98. The van der Waals surface area contributed by atoms with Gasteiger partial charge in [-0.3, -0.25) is 0 Å². The molecule has 5 heteroatoms. The average Bonchev–Trinajstić information content (AvgIpc) is 3.13. The molecule has 1 aromatic rings. The van der Waals surface area contributed by atoms with Gasteiger partial charge in [0, 0.05) is 24.9 Å². The average molecular weight is 339 g/mol. The second-order valence-electron chi connectivity index (χ2n) is 5.05. The van der Waals surface area contributed by atoms with E-state index in [9.17, 15) is 0 Å². The van der Waals surface area contributed by atoms with Crippen LogP contribution >= 0.6 is 28.1 Å². The maximum atomic E-state index is 5.38. The highest BCUT2D eigenvalue weighted by Crippen LogP contribution is 2.33. The van der Waals surface area contributed by atoms with Crippen molar-refractivity contribution in [3.8, 4) is 0 Å². The molecule has 1 aliphatic carbocycles.